The number of nitrogens with one attached hydrogen (secondary N) is 1. The van der Waals surface area contributed by atoms with Gasteiger partial charge in [0.1, 0.15) is 5.54 Å². The van der Waals surface area contributed by atoms with Crippen LogP contribution in [-0.2, 0) is 4.79 Å². The first-order valence-electron chi connectivity index (χ1n) is 5.92. The Balaban J connectivity index is 2.53. The highest BCUT2D eigenvalue weighted by Crippen LogP contribution is 2.28. The van der Waals surface area contributed by atoms with Gasteiger partial charge in [-0.05, 0) is 33.1 Å². The van der Waals surface area contributed by atoms with Crippen LogP contribution in [-0.4, -0.2) is 40.6 Å². The van der Waals surface area contributed by atoms with Crippen LogP contribution in [0.4, 0.5) is 4.79 Å². The molecule has 0 aromatic heterocycles. The van der Waals surface area contributed by atoms with E-state index in [9.17, 15) is 9.59 Å². The number of aliphatic carboxylic acids is 1. The van der Waals surface area contributed by atoms with E-state index in [-0.39, 0.29) is 6.03 Å². The van der Waals surface area contributed by atoms with Gasteiger partial charge in [-0.15, -0.1) is 0 Å². The smallest absolute Gasteiger partial charge is 0.329 e. The zero-order valence-electron chi connectivity index (χ0n) is 10.4. The summed E-state index contributed by atoms with van der Waals surface area (Å²) in [6, 6.07) is -0.281. The van der Waals surface area contributed by atoms with Crippen LogP contribution >= 0.6 is 0 Å². The fraction of sp³-hybridized carbons (Fsp3) is 0.667. The summed E-state index contributed by atoms with van der Waals surface area (Å²) >= 11 is 0. The molecule has 5 heteroatoms. The fourth-order valence-electron chi connectivity index (χ4n) is 2.04. The Hall–Kier alpha value is -1.52. The summed E-state index contributed by atoms with van der Waals surface area (Å²) in [6.07, 6.45) is 5.90. The van der Waals surface area contributed by atoms with E-state index in [0.717, 1.165) is 12.8 Å². The maximum atomic E-state index is 11.9. The molecule has 1 unspecified atom stereocenters. The standard InChI is InChI=1S/C12H20N2O3/c1-3-4-5-8-13-11(17)14-9-6-7-12(14,2)10(15)16/h3-4H,5-9H2,1-2H3,(H,13,17)(H,15,16)/b4-3+. The molecule has 17 heavy (non-hydrogen) atoms. The van der Waals surface area contributed by atoms with Gasteiger partial charge in [-0.1, -0.05) is 12.2 Å². The minimum Gasteiger partial charge on any atom is -0.480 e. The molecule has 1 aliphatic heterocycles. The van der Waals surface area contributed by atoms with Gasteiger partial charge in [0.05, 0.1) is 0 Å². The molecule has 0 aliphatic carbocycles. The topological polar surface area (TPSA) is 69.6 Å². The first kappa shape index (κ1) is 13.5. The van der Waals surface area contributed by atoms with Gasteiger partial charge in [0, 0.05) is 13.1 Å². The molecule has 0 aromatic rings. The number of urea groups is 1. The van der Waals surface area contributed by atoms with Gasteiger partial charge < -0.3 is 15.3 Å². The molecule has 5 nitrogen and oxygen atoms in total. The van der Waals surface area contributed by atoms with Crippen molar-refractivity contribution in [3.05, 3.63) is 12.2 Å². The van der Waals surface area contributed by atoms with E-state index in [0.29, 0.717) is 19.5 Å². The first-order chi connectivity index (χ1) is 8.02. The number of carbonyl (C=O) groups is 2. The van der Waals surface area contributed by atoms with Crippen LogP contribution in [0, 0.1) is 0 Å². The highest BCUT2D eigenvalue weighted by Gasteiger charge is 2.45. The van der Waals surface area contributed by atoms with Crippen molar-refractivity contribution in [3.8, 4) is 0 Å². The molecule has 1 heterocycles. The number of carbonyl (C=O) groups excluding carboxylic acids is 1. The third kappa shape index (κ3) is 2.99. The highest BCUT2D eigenvalue weighted by molar-refractivity contribution is 5.86. The maximum Gasteiger partial charge on any atom is 0.329 e. The second kappa shape index (κ2) is 5.70. The quantitative estimate of drug-likeness (QED) is 0.579. The minimum atomic E-state index is -1.05. The number of carboxylic acid groups (broad SMARTS) is 1. The molecule has 2 amide bonds. The lowest BCUT2D eigenvalue weighted by atomic mass is 10.00. The van der Waals surface area contributed by atoms with E-state index in [1.165, 1.54) is 4.90 Å². The number of rotatable bonds is 4. The second-order valence-electron chi connectivity index (χ2n) is 4.42. The van der Waals surface area contributed by atoms with Crippen molar-refractivity contribution in [1.29, 1.82) is 0 Å². The lowest BCUT2D eigenvalue weighted by molar-refractivity contribution is -0.147. The van der Waals surface area contributed by atoms with Crippen LogP contribution in [0.2, 0.25) is 0 Å². The number of amides is 2. The largest absolute Gasteiger partial charge is 0.480 e. The predicted molar refractivity (Wildman–Crippen MR) is 64.8 cm³/mol. The molecule has 0 saturated carbocycles. The molecule has 0 spiro atoms. The SMILES string of the molecule is C/C=C/CCNC(=O)N1CCCC1(C)C(=O)O. The summed E-state index contributed by atoms with van der Waals surface area (Å²) in [6.45, 7) is 4.57. The number of carboxylic acids is 1. The molecule has 96 valence electrons. The molecule has 1 atom stereocenters. The van der Waals surface area contributed by atoms with Crippen molar-refractivity contribution < 1.29 is 14.7 Å². The number of allylic oxidation sites excluding steroid dienone is 1. The Morgan fingerprint density at radius 3 is 2.82 bits per heavy atom. The van der Waals surface area contributed by atoms with Gasteiger partial charge in [-0.3, -0.25) is 0 Å². The van der Waals surface area contributed by atoms with E-state index >= 15 is 0 Å². The Bertz CT molecular complexity index is 328. The van der Waals surface area contributed by atoms with Gasteiger partial charge >= 0.3 is 12.0 Å². The van der Waals surface area contributed by atoms with Crippen LogP contribution in [0.15, 0.2) is 12.2 Å². The molecule has 0 aromatic carbocycles. The molecule has 0 bridgehead atoms. The number of nitrogens with zero attached hydrogens (tertiary/aromatic N) is 1. The third-order valence-electron chi connectivity index (χ3n) is 3.17. The average Bonchev–Trinajstić information content (AvgIpc) is 2.68. The van der Waals surface area contributed by atoms with Crippen molar-refractivity contribution >= 4 is 12.0 Å². The molecular weight excluding hydrogens is 220 g/mol. The van der Waals surface area contributed by atoms with Crippen molar-refractivity contribution in [2.45, 2.75) is 38.6 Å². The zero-order valence-corrected chi connectivity index (χ0v) is 10.4. The van der Waals surface area contributed by atoms with Crippen molar-refractivity contribution in [2.24, 2.45) is 0 Å². The Morgan fingerprint density at radius 2 is 2.24 bits per heavy atom. The van der Waals surface area contributed by atoms with Crippen molar-refractivity contribution in [3.63, 3.8) is 0 Å². The van der Waals surface area contributed by atoms with E-state index in [1.807, 2.05) is 19.1 Å². The summed E-state index contributed by atoms with van der Waals surface area (Å²) in [7, 11) is 0. The molecule has 2 N–H and O–H groups in total. The Labute approximate surface area is 101 Å². The Kier molecular flexibility index (Phi) is 4.54. The van der Waals surface area contributed by atoms with Crippen LogP contribution in [0.25, 0.3) is 0 Å². The Morgan fingerprint density at radius 1 is 1.53 bits per heavy atom. The lowest BCUT2D eigenvalue weighted by Gasteiger charge is -2.31. The number of likely N-dealkylation sites (tertiary alicyclic amines) is 1. The average molecular weight is 240 g/mol. The summed E-state index contributed by atoms with van der Waals surface area (Å²) in [4.78, 5) is 24.5. The lowest BCUT2D eigenvalue weighted by Crippen LogP contribution is -2.54. The van der Waals surface area contributed by atoms with Gasteiger partial charge in [0.2, 0.25) is 0 Å². The van der Waals surface area contributed by atoms with Crippen LogP contribution in [0.1, 0.15) is 33.1 Å². The van der Waals surface area contributed by atoms with Gasteiger partial charge in [0.15, 0.2) is 0 Å². The fourth-order valence-corrected chi connectivity index (χ4v) is 2.04. The molecule has 1 rings (SSSR count). The van der Waals surface area contributed by atoms with Crippen LogP contribution in [0.5, 0.6) is 0 Å². The van der Waals surface area contributed by atoms with Crippen molar-refractivity contribution in [1.82, 2.24) is 10.2 Å². The molecule has 1 saturated heterocycles. The molecule has 0 radical (unpaired) electrons. The predicted octanol–water partition coefficient (Wildman–Crippen LogP) is 1.60. The summed E-state index contributed by atoms with van der Waals surface area (Å²) in [5.41, 5.74) is -1.05. The monoisotopic (exact) mass is 240 g/mol. The number of hydrogen-bond donors (Lipinski definition) is 2. The molecular formula is C12H20N2O3. The van der Waals surface area contributed by atoms with Gasteiger partial charge in [0.25, 0.3) is 0 Å². The normalized spacial score (nSPS) is 24.2. The zero-order chi connectivity index (χ0) is 12.9. The van der Waals surface area contributed by atoms with E-state index in [1.54, 1.807) is 6.92 Å². The summed E-state index contributed by atoms with van der Waals surface area (Å²) < 4.78 is 0. The second-order valence-corrected chi connectivity index (χ2v) is 4.42. The molecule has 1 fully saturated rings. The van der Waals surface area contributed by atoms with Gasteiger partial charge in [-0.25, -0.2) is 9.59 Å². The van der Waals surface area contributed by atoms with E-state index in [4.69, 9.17) is 5.11 Å². The first-order valence-corrected chi connectivity index (χ1v) is 5.92. The molecule has 1 aliphatic rings. The summed E-state index contributed by atoms with van der Waals surface area (Å²) in [5.74, 6) is -0.932. The van der Waals surface area contributed by atoms with E-state index < -0.39 is 11.5 Å². The third-order valence-corrected chi connectivity index (χ3v) is 3.17. The van der Waals surface area contributed by atoms with Crippen molar-refractivity contribution in [2.75, 3.05) is 13.1 Å². The maximum absolute atomic E-state index is 11.9. The minimum absolute atomic E-state index is 0.281. The van der Waals surface area contributed by atoms with Gasteiger partial charge in [-0.2, -0.15) is 0 Å². The summed E-state index contributed by atoms with van der Waals surface area (Å²) in [5, 5.41) is 11.9. The van der Waals surface area contributed by atoms with Crippen LogP contribution in [0.3, 0.4) is 0 Å². The number of hydrogen-bond acceptors (Lipinski definition) is 2. The van der Waals surface area contributed by atoms with Crippen LogP contribution < -0.4 is 5.32 Å². The highest BCUT2D eigenvalue weighted by atomic mass is 16.4. The van der Waals surface area contributed by atoms with E-state index in [2.05, 4.69) is 5.32 Å².